The Morgan fingerprint density at radius 1 is 1.05 bits per heavy atom. The van der Waals surface area contributed by atoms with Crippen molar-refractivity contribution in [2.75, 3.05) is 0 Å². The summed E-state index contributed by atoms with van der Waals surface area (Å²) < 4.78 is 14.1. The lowest BCUT2D eigenvalue weighted by atomic mass is 9.92. The molecule has 0 saturated carbocycles. The molecule has 0 aliphatic heterocycles. The number of hydrogen-bond acceptors (Lipinski definition) is 1. The number of aryl methyl sites for hydroxylation is 3. The van der Waals surface area contributed by atoms with E-state index in [1.54, 1.807) is 6.07 Å². The Kier molecular flexibility index (Phi) is 4.07. The van der Waals surface area contributed by atoms with Gasteiger partial charge in [0.25, 0.3) is 0 Å². The summed E-state index contributed by atoms with van der Waals surface area (Å²) in [5.74, 6) is -0.348. The Balaban J connectivity index is 2.56. The van der Waals surface area contributed by atoms with Crippen molar-refractivity contribution in [3.05, 3.63) is 68.4 Å². The van der Waals surface area contributed by atoms with Gasteiger partial charge in [-0.05, 0) is 55.7 Å². The van der Waals surface area contributed by atoms with E-state index in [0.717, 1.165) is 22.3 Å². The number of benzene rings is 2. The molecule has 0 radical (unpaired) electrons. The molecule has 1 nitrogen and oxygen atoms in total. The summed E-state index contributed by atoms with van der Waals surface area (Å²) in [5.41, 5.74) is 4.58. The van der Waals surface area contributed by atoms with E-state index in [-0.39, 0.29) is 5.82 Å². The molecule has 0 saturated heterocycles. The lowest BCUT2D eigenvalue weighted by Gasteiger charge is -2.19. The zero-order valence-corrected chi connectivity index (χ0v) is 12.8. The Hall–Kier alpha value is -1.19. The fraction of sp³-hybridized carbons (Fsp3) is 0.250. The fourth-order valence-corrected chi connectivity index (χ4v) is 2.97. The Morgan fingerprint density at radius 2 is 1.63 bits per heavy atom. The maximum atomic E-state index is 13.4. The molecule has 2 rings (SSSR count). The lowest BCUT2D eigenvalue weighted by Crippen LogP contribution is -2.06. The third kappa shape index (κ3) is 2.88. The third-order valence-electron chi connectivity index (χ3n) is 3.26. The highest BCUT2D eigenvalue weighted by atomic mass is 79.9. The first-order chi connectivity index (χ1) is 8.90. The van der Waals surface area contributed by atoms with Gasteiger partial charge in [-0.15, -0.1) is 0 Å². The van der Waals surface area contributed by atoms with E-state index in [0.29, 0.717) is 10.0 Å². The summed E-state index contributed by atoms with van der Waals surface area (Å²) in [6.45, 7) is 5.95. The molecule has 0 heterocycles. The molecule has 0 spiro atoms. The molecule has 0 aromatic heterocycles. The van der Waals surface area contributed by atoms with Gasteiger partial charge in [-0.1, -0.05) is 33.6 Å². The largest absolute Gasteiger partial charge is 0.384 e. The molecule has 1 unspecified atom stereocenters. The fourth-order valence-electron chi connectivity index (χ4n) is 2.50. The van der Waals surface area contributed by atoms with E-state index in [4.69, 9.17) is 0 Å². The monoisotopic (exact) mass is 322 g/mol. The first kappa shape index (κ1) is 14.2. The molecule has 0 fully saturated rings. The zero-order chi connectivity index (χ0) is 14.2. The van der Waals surface area contributed by atoms with E-state index in [2.05, 4.69) is 15.9 Å². The average molecular weight is 323 g/mol. The summed E-state index contributed by atoms with van der Waals surface area (Å²) in [4.78, 5) is 0. The highest BCUT2D eigenvalue weighted by Gasteiger charge is 2.18. The van der Waals surface area contributed by atoms with Crippen molar-refractivity contribution in [3.63, 3.8) is 0 Å². The topological polar surface area (TPSA) is 20.2 Å². The van der Waals surface area contributed by atoms with Crippen LogP contribution in [0.15, 0.2) is 34.8 Å². The first-order valence-electron chi connectivity index (χ1n) is 6.11. The van der Waals surface area contributed by atoms with Gasteiger partial charge in [0.15, 0.2) is 0 Å². The summed E-state index contributed by atoms with van der Waals surface area (Å²) in [6, 6.07) is 8.41. The number of halogens is 2. The molecule has 2 aromatic carbocycles. The van der Waals surface area contributed by atoms with Crippen LogP contribution in [0.4, 0.5) is 4.39 Å². The van der Waals surface area contributed by atoms with E-state index >= 15 is 0 Å². The van der Waals surface area contributed by atoms with Crippen molar-refractivity contribution in [1.82, 2.24) is 0 Å². The predicted octanol–water partition coefficient (Wildman–Crippen LogP) is 4.60. The van der Waals surface area contributed by atoms with E-state index < -0.39 is 6.10 Å². The summed E-state index contributed by atoms with van der Waals surface area (Å²) in [6.07, 6.45) is -0.828. The second-order valence-electron chi connectivity index (χ2n) is 4.88. The Labute approximate surface area is 121 Å². The molecule has 0 aliphatic carbocycles. The molecule has 0 aliphatic rings. The zero-order valence-electron chi connectivity index (χ0n) is 11.2. The summed E-state index contributed by atoms with van der Waals surface area (Å²) >= 11 is 3.37. The smallest absolute Gasteiger partial charge is 0.123 e. The van der Waals surface area contributed by atoms with Crippen LogP contribution < -0.4 is 0 Å². The molecule has 1 N–H and O–H groups in total. The van der Waals surface area contributed by atoms with Gasteiger partial charge in [0.1, 0.15) is 11.9 Å². The van der Waals surface area contributed by atoms with Gasteiger partial charge in [-0.2, -0.15) is 0 Å². The molecule has 0 bridgehead atoms. The first-order valence-corrected chi connectivity index (χ1v) is 6.90. The second-order valence-corrected chi connectivity index (χ2v) is 5.74. The minimum atomic E-state index is -0.828. The van der Waals surface area contributed by atoms with E-state index in [1.807, 2.05) is 32.9 Å². The van der Waals surface area contributed by atoms with Crippen molar-refractivity contribution in [3.8, 4) is 0 Å². The minimum absolute atomic E-state index is 0.348. The molecule has 2 aromatic rings. The van der Waals surface area contributed by atoms with Crippen LogP contribution in [0.1, 0.15) is 33.9 Å². The second kappa shape index (κ2) is 5.43. The number of hydrogen-bond donors (Lipinski definition) is 1. The van der Waals surface area contributed by atoms with Crippen molar-refractivity contribution in [1.29, 1.82) is 0 Å². The van der Waals surface area contributed by atoms with Gasteiger partial charge in [0.2, 0.25) is 0 Å². The summed E-state index contributed by atoms with van der Waals surface area (Å²) in [7, 11) is 0. The van der Waals surface area contributed by atoms with Gasteiger partial charge >= 0.3 is 0 Å². The van der Waals surface area contributed by atoms with E-state index in [9.17, 15) is 9.50 Å². The van der Waals surface area contributed by atoms with Crippen LogP contribution in [-0.4, -0.2) is 5.11 Å². The van der Waals surface area contributed by atoms with Crippen LogP contribution in [0.25, 0.3) is 0 Å². The van der Waals surface area contributed by atoms with Crippen LogP contribution in [0.2, 0.25) is 0 Å². The van der Waals surface area contributed by atoms with Gasteiger partial charge in [0.05, 0.1) is 0 Å². The van der Waals surface area contributed by atoms with Crippen molar-refractivity contribution >= 4 is 15.9 Å². The highest BCUT2D eigenvalue weighted by Crippen LogP contribution is 2.33. The number of aliphatic hydroxyl groups is 1. The lowest BCUT2D eigenvalue weighted by molar-refractivity contribution is 0.217. The van der Waals surface area contributed by atoms with Crippen LogP contribution >= 0.6 is 15.9 Å². The van der Waals surface area contributed by atoms with Crippen molar-refractivity contribution in [2.24, 2.45) is 0 Å². The van der Waals surface area contributed by atoms with Crippen molar-refractivity contribution < 1.29 is 9.50 Å². The molecule has 19 heavy (non-hydrogen) atoms. The predicted molar refractivity (Wildman–Crippen MR) is 78.8 cm³/mol. The molecule has 3 heteroatoms. The third-order valence-corrected chi connectivity index (χ3v) is 3.99. The molecule has 1 atom stereocenters. The molecular weight excluding hydrogens is 307 g/mol. The Bertz CT molecular complexity index is 599. The number of rotatable bonds is 2. The van der Waals surface area contributed by atoms with E-state index in [1.165, 1.54) is 12.1 Å². The van der Waals surface area contributed by atoms with Crippen molar-refractivity contribution in [2.45, 2.75) is 26.9 Å². The van der Waals surface area contributed by atoms with Crippen LogP contribution in [0, 0.1) is 26.6 Å². The van der Waals surface area contributed by atoms with Gasteiger partial charge in [-0.3, -0.25) is 0 Å². The highest BCUT2D eigenvalue weighted by molar-refractivity contribution is 9.10. The number of aliphatic hydroxyl groups excluding tert-OH is 1. The quantitative estimate of drug-likeness (QED) is 0.857. The van der Waals surface area contributed by atoms with Gasteiger partial charge in [-0.25, -0.2) is 4.39 Å². The Morgan fingerprint density at radius 3 is 2.21 bits per heavy atom. The average Bonchev–Trinajstić information content (AvgIpc) is 2.30. The maximum absolute atomic E-state index is 13.4. The normalized spacial score (nSPS) is 12.5. The van der Waals surface area contributed by atoms with Crippen LogP contribution in [-0.2, 0) is 0 Å². The molecule has 0 amide bonds. The van der Waals surface area contributed by atoms with Gasteiger partial charge < -0.3 is 5.11 Å². The molecular formula is C16H16BrFO. The summed E-state index contributed by atoms with van der Waals surface area (Å²) in [5, 5.41) is 10.6. The van der Waals surface area contributed by atoms with Crippen LogP contribution in [0.3, 0.4) is 0 Å². The van der Waals surface area contributed by atoms with Gasteiger partial charge in [0, 0.05) is 10.0 Å². The maximum Gasteiger partial charge on any atom is 0.123 e. The SMILES string of the molecule is Cc1cc(C)c(C(O)c2cc(F)ccc2Br)c(C)c1. The molecule has 100 valence electrons. The van der Waals surface area contributed by atoms with Crippen LogP contribution in [0.5, 0.6) is 0 Å². The standard InChI is InChI=1S/C16H16BrFO/c1-9-6-10(2)15(11(3)7-9)16(19)13-8-12(18)4-5-14(13)17/h4-8,16,19H,1-3H3. The minimum Gasteiger partial charge on any atom is -0.384 e.